The molecule has 2 aromatic rings. The molecule has 1 amide bonds. The number of alkyl halides is 3. The molecule has 27 heavy (non-hydrogen) atoms. The average molecular weight is 378 g/mol. The SMILES string of the molecule is Cc1cc(C=O)cc(C(=O)NCCCNCc2cccc(C(F)(F)F)c2)c1. The van der Waals surface area contributed by atoms with E-state index in [1.165, 1.54) is 12.1 Å². The lowest BCUT2D eigenvalue weighted by molar-refractivity contribution is -0.137. The molecule has 0 aliphatic rings. The van der Waals surface area contributed by atoms with Crippen molar-refractivity contribution in [3.05, 3.63) is 70.3 Å². The Balaban J connectivity index is 1.73. The molecule has 4 nitrogen and oxygen atoms in total. The molecule has 0 radical (unpaired) electrons. The van der Waals surface area contributed by atoms with Gasteiger partial charge in [-0.1, -0.05) is 18.2 Å². The van der Waals surface area contributed by atoms with Gasteiger partial charge >= 0.3 is 6.18 Å². The first-order valence-corrected chi connectivity index (χ1v) is 8.51. The van der Waals surface area contributed by atoms with Crippen LogP contribution in [0.4, 0.5) is 13.2 Å². The molecule has 2 aromatic carbocycles. The number of hydrogen-bond donors (Lipinski definition) is 2. The summed E-state index contributed by atoms with van der Waals surface area (Å²) in [5.41, 5.74) is 1.58. The van der Waals surface area contributed by atoms with Gasteiger partial charge in [-0.3, -0.25) is 9.59 Å². The summed E-state index contributed by atoms with van der Waals surface area (Å²) < 4.78 is 38.0. The fraction of sp³-hybridized carbons (Fsp3) is 0.300. The summed E-state index contributed by atoms with van der Waals surface area (Å²) in [6.07, 6.45) is -3.03. The molecule has 7 heteroatoms. The third kappa shape index (κ3) is 6.53. The van der Waals surface area contributed by atoms with Gasteiger partial charge in [0.15, 0.2) is 0 Å². The summed E-state index contributed by atoms with van der Waals surface area (Å²) in [6, 6.07) is 10.1. The molecule has 144 valence electrons. The lowest BCUT2D eigenvalue weighted by Crippen LogP contribution is -2.27. The number of halogens is 3. The van der Waals surface area contributed by atoms with Gasteiger partial charge in [0.2, 0.25) is 0 Å². The smallest absolute Gasteiger partial charge is 0.352 e. The molecule has 0 fully saturated rings. The van der Waals surface area contributed by atoms with Crippen LogP contribution in [0, 0.1) is 6.92 Å². The van der Waals surface area contributed by atoms with Crippen LogP contribution in [-0.4, -0.2) is 25.3 Å². The van der Waals surface area contributed by atoms with E-state index in [1.54, 1.807) is 18.2 Å². The van der Waals surface area contributed by atoms with Crippen molar-refractivity contribution in [3.63, 3.8) is 0 Å². The Hall–Kier alpha value is -2.67. The van der Waals surface area contributed by atoms with Crippen molar-refractivity contribution < 1.29 is 22.8 Å². The Morgan fingerprint density at radius 1 is 1.11 bits per heavy atom. The molecular formula is C20H21F3N2O2. The third-order valence-electron chi connectivity index (χ3n) is 3.90. The van der Waals surface area contributed by atoms with E-state index in [1.807, 2.05) is 6.92 Å². The predicted octanol–water partition coefficient (Wildman–Crippen LogP) is 3.74. The molecule has 0 heterocycles. The van der Waals surface area contributed by atoms with Crippen LogP contribution in [0.1, 0.15) is 43.8 Å². The molecule has 0 spiro atoms. The quantitative estimate of drug-likeness (QED) is 0.544. The van der Waals surface area contributed by atoms with Gasteiger partial charge in [0.25, 0.3) is 5.91 Å². The average Bonchev–Trinajstić information content (AvgIpc) is 2.63. The summed E-state index contributed by atoms with van der Waals surface area (Å²) >= 11 is 0. The summed E-state index contributed by atoms with van der Waals surface area (Å²) in [6.45, 7) is 3.09. The van der Waals surface area contributed by atoms with Crippen LogP contribution in [0.3, 0.4) is 0 Å². The van der Waals surface area contributed by atoms with Gasteiger partial charge in [-0.05, 0) is 55.3 Å². The zero-order valence-electron chi connectivity index (χ0n) is 14.9. The molecule has 0 saturated heterocycles. The number of rotatable bonds is 8. The van der Waals surface area contributed by atoms with Gasteiger partial charge in [0.05, 0.1) is 5.56 Å². The molecule has 0 aliphatic heterocycles. The molecule has 0 atom stereocenters. The minimum Gasteiger partial charge on any atom is -0.352 e. The maximum Gasteiger partial charge on any atom is 0.416 e. The normalized spacial score (nSPS) is 11.3. The fourth-order valence-electron chi connectivity index (χ4n) is 2.62. The van der Waals surface area contributed by atoms with Crippen molar-refractivity contribution in [2.24, 2.45) is 0 Å². The van der Waals surface area contributed by atoms with Crippen molar-refractivity contribution in [3.8, 4) is 0 Å². The second kappa shape index (κ2) is 9.32. The second-order valence-electron chi connectivity index (χ2n) is 6.23. The van der Waals surface area contributed by atoms with Gasteiger partial charge < -0.3 is 10.6 Å². The van der Waals surface area contributed by atoms with Crippen LogP contribution in [-0.2, 0) is 12.7 Å². The molecule has 2 N–H and O–H groups in total. The van der Waals surface area contributed by atoms with E-state index in [2.05, 4.69) is 10.6 Å². The summed E-state index contributed by atoms with van der Waals surface area (Å²) in [7, 11) is 0. The molecule has 0 bridgehead atoms. The number of carbonyl (C=O) groups is 2. The number of aldehydes is 1. The minimum atomic E-state index is -4.35. The standard InChI is InChI=1S/C20H21F3N2O2/c1-14-8-16(13-26)10-17(9-14)19(27)25-7-3-6-24-12-15-4-2-5-18(11-15)20(21,22)23/h2,4-5,8-11,13,24H,3,6-7,12H2,1H3,(H,25,27). The lowest BCUT2D eigenvalue weighted by atomic mass is 10.1. The number of nitrogens with one attached hydrogen (secondary N) is 2. The van der Waals surface area contributed by atoms with Gasteiger partial charge in [0, 0.05) is 24.2 Å². The van der Waals surface area contributed by atoms with Crippen molar-refractivity contribution in [2.75, 3.05) is 13.1 Å². The third-order valence-corrected chi connectivity index (χ3v) is 3.90. The Bertz CT molecular complexity index is 804. The van der Waals surface area contributed by atoms with Gasteiger partial charge in [-0.15, -0.1) is 0 Å². The highest BCUT2D eigenvalue weighted by atomic mass is 19.4. The van der Waals surface area contributed by atoms with Crippen molar-refractivity contribution in [2.45, 2.75) is 26.1 Å². The Kier molecular flexibility index (Phi) is 7.12. The Morgan fingerprint density at radius 3 is 2.59 bits per heavy atom. The Morgan fingerprint density at radius 2 is 1.89 bits per heavy atom. The summed E-state index contributed by atoms with van der Waals surface area (Å²) in [5, 5.41) is 5.82. The molecule has 0 unspecified atom stereocenters. The van der Waals surface area contributed by atoms with E-state index in [9.17, 15) is 22.8 Å². The van der Waals surface area contributed by atoms with E-state index in [0.29, 0.717) is 49.0 Å². The number of benzene rings is 2. The first-order chi connectivity index (χ1) is 12.8. The summed E-state index contributed by atoms with van der Waals surface area (Å²) in [5.74, 6) is -0.264. The lowest BCUT2D eigenvalue weighted by Gasteiger charge is -2.10. The van der Waals surface area contributed by atoms with E-state index in [-0.39, 0.29) is 5.91 Å². The second-order valence-corrected chi connectivity index (χ2v) is 6.23. The highest BCUT2D eigenvalue weighted by Gasteiger charge is 2.30. The van der Waals surface area contributed by atoms with Crippen molar-refractivity contribution >= 4 is 12.2 Å². The number of aryl methyl sites for hydroxylation is 1. The van der Waals surface area contributed by atoms with Gasteiger partial charge in [-0.25, -0.2) is 0 Å². The van der Waals surface area contributed by atoms with Crippen LogP contribution >= 0.6 is 0 Å². The minimum absolute atomic E-state index is 0.264. The van der Waals surface area contributed by atoms with Crippen LogP contribution in [0.25, 0.3) is 0 Å². The van der Waals surface area contributed by atoms with Crippen LogP contribution in [0.5, 0.6) is 0 Å². The largest absolute Gasteiger partial charge is 0.416 e. The van der Waals surface area contributed by atoms with Gasteiger partial charge in [0.1, 0.15) is 6.29 Å². The molecular weight excluding hydrogens is 357 g/mol. The molecule has 0 aliphatic carbocycles. The predicted molar refractivity (Wildman–Crippen MR) is 96.7 cm³/mol. The number of carbonyl (C=O) groups excluding carboxylic acids is 2. The topological polar surface area (TPSA) is 58.2 Å². The fourth-order valence-corrected chi connectivity index (χ4v) is 2.62. The highest BCUT2D eigenvalue weighted by molar-refractivity contribution is 5.96. The highest BCUT2D eigenvalue weighted by Crippen LogP contribution is 2.29. The molecule has 0 saturated carbocycles. The maximum atomic E-state index is 12.7. The first kappa shape index (κ1) is 20.6. The van der Waals surface area contributed by atoms with Gasteiger partial charge in [-0.2, -0.15) is 13.2 Å². The zero-order chi connectivity index (χ0) is 19.9. The van der Waals surface area contributed by atoms with Crippen LogP contribution in [0.15, 0.2) is 42.5 Å². The van der Waals surface area contributed by atoms with Crippen LogP contribution < -0.4 is 10.6 Å². The van der Waals surface area contributed by atoms with E-state index in [4.69, 9.17) is 0 Å². The maximum absolute atomic E-state index is 12.7. The van der Waals surface area contributed by atoms with Crippen molar-refractivity contribution in [1.82, 2.24) is 10.6 Å². The number of amides is 1. The van der Waals surface area contributed by atoms with E-state index >= 15 is 0 Å². The zero-order valence-corrected chi connectivity index (χ0v) is 14.9. The molecule has 2 rings (SSSR count). The van der Waals surface area contributed by atoms with Crippen molar-refractivity contribution in [1.29, 1.82) is 0 Å². The summed E-state index contributed by atoms with van der Waals surface area (Å²) in [4.78, 5) is 23.0. The first-order valence-electron chi connectivity index (χ1n) is 8.51. The monoisotopic (exact) mass is 378 g/mol. The Labute approximate surface area is 155 Å². The van der Waals surface area contributed by atoms with E-state index in [0.717, 1.165) is 17.7 Å². The number of hydrogen-bond acceptors (Lipinski definition) is 3. The molecule has 0 aromatic heterocycles. The van der Waals surface area contributed by atoms with Crippen LogP contribution in [0.2, 0.25) is 0 Å². The van der Waals surface area contributed by atoms with E-state index < -0.39 is 11.7 Å².